The summed E-state index contributed by atoms with van der Waals surface area (Å²) in [4.78, 5) is 30.2. The molecule has 5 heterocycles. The summed E-state index contributed by atoms with van der Waals surface area (Å²) in [5, 5.41) is 4.17. The van der Waals surface area contributed by atoms with Gasteiger partial charge in [0.15, 0.2) is 0 Å². The van der Waals surface area contributed by atoms with Gasteiger partial charge in [0.2, 0.25) is 17.7 Å². The molecule has 1 amide bonds. The van der Waals surface area contributed by atoms with Gasteiger partial charge in [-0.05, 0) is 18.6 Å². The zero-order chi connectivity index (χ0) is 20.0. The summed E-state index contributed by atoms with van der Waals surface area (Å²) in [6.07, 6.45) is 8.90. The number of fused-ring (bicyclic) bond motifs is 2. The maximum atomic E-state index is 11.7. The van der Waals surface area contributed by atoms with Crippen molar-refractivity contribution in [2.24, 2.45) is 0 Å². The van der Waals surface area contributed by atoms with Gasteiger partial charge in [-0.2, -0.15) is 9.97 Å². The average molecular weight is 391 g/mol. The molecule has 0 bridgehead atoms. The fraction of sp³-hybridized carbons (Fsp3) is 0.300. The Labute approximate surface area is 166 Å². The predicted molar refractivity (Wildman–Crippen MR) is 109 cm³/mol. The number of likely N-dealkylation sites (N-methyl/N-ethyl adjacent to an activating group) is 1. The van der Waals surface area contributed by atoms with Crippen molar-refractivity contribution in [1.82, 2.24) is 29.2 Å². The molecule has 1 aliphatic heterocycles. The Morgan fingerprint density at radius 3 is 3.03 bits per heavy atom. The van der Waals surface area contributed by atoms with Gasteiger partial charge in [0, 0.05) is 62.0 Å². The molecule has 0 aliphatic carbocycles. The van der Waals surface area contributed by atoms with E-state index >= 15 is 0 Å². The molecule has 0 aromatic carbocycles. The average Bonchev–Trinajstić information content (AvgIpc) is 3.36. The van der Waals surface area contributed by atoms with Gasteiger partial charge in [-0.15, -0.1) is 0 Å². The Morgan fingerprint density at radius 2 is 2.21 bits per heavy atom. The number of hydrogen-bond donors (Lipinski definition) is 2. The Morgan fingerprint density at radius 1 is 1.31 bits per heavy atom. The molecule has 148 valence electrons. The van der Waals surface area contributed by atoms with Crippen LogP contribution in [0.4, 0.5) is 5.95 Å². The van der Waals surface area contributed by atoms with E-state index in [1.54, 1.807) is 18.2 Å². The van der Waals surface area contributed by atoms with Crippen molar-refractivity contribution in [2.45, 2.75) is 18.9 Å². The van der Waals surface area contributed by atoms with Crippen molar-refractivity contribution in [2.75, 3.05) is 26.0 Å². The molecule has 1 atom stereocenters. The van der Waals surface area contributed by atoms with Gasteiger partial charge in [0.25, 0.3) is 0 Å². The summed E-state index contributed by atoms with van der Waals surface area (Å²) in [5.41, 5.74) is 3.55. The van der Waals surface area contributed by atoms with E-state index < -0.39 is 0 Å². The standard InChI is InChI=1S/C20H21N7O2/c1-26-11-13(4-6-16(26)28)23-20-24-18-17(19(25-20)29-2)14(9-22-18)12-3-5-15-21-7-8-27(15)10-12/h3,5,7-10,13H,4,6,11H2,1-2H3,(H2,22,23,24,25)/t13-/m0/s1. The van der Waals surface area contributed by atoms with Gasteiger partial charge in [-0.25, -0.2) is 4.98 Å². The molecule has 1 fully saturated rings. The number of ether oxygens (including phenoxy) is 1. The predicted octanol–water partition coefficient (Wildman–Crippen LogP) is 2.31. The van der Waals surface area contributed by atoms with Gasteiger partial charge in [-0.1, -0.05) is 0 Å². The molecule has 1 aliphatic rings. The molecule has 5 rings (SSSR count). The zero-order valence-corrected chi connectivity index (χ0v) is 16.2. The number of nitrogens with one attached hydrogen (secondary N) is 2. The smallest absolute Gasteiger partial charge is 0.228 e. The van der Waals surface area contributed by atoms with Crippen LogP contribution in [0.2, 0.25) is 0 Å². The second kappa shape index (κ2) is 6.77. The first kappa shape index (κ1) is 17.5. The summed E-state index contributed by atoms with van der Waals surface area (Å²) in [5.74, 6) is 1.15. The second-order valence-electron chi connectivity index (χ2n) is 7.25. The number of nitrogens with zero attached hydrogens (tertiary/aromatic N) is 5. The van der Waals surface area contributed by atoms with Gasteiger partial charge >= 0.3 is 0 Å². The van der Waals surface area contributed by atoms with Gasteiger partial charge in [0.1, 0.15) is 11.3 Å². The molecule has 0 unspecified atom stereocenters. The first-order valence-electron chi connectivity index (χ1n) is 9.49. The normalized spacial score (nSPS) is 17.2. The number of amides is 1. The fourth-order valence-electron chi connectivity index (χ4n) is 3.83. The number of imidazole rings is 1. The lowest BCUT2D eigenvalue weighted by Gasteiger charge is -2.30. The third kappa shape index (κ3) is 3.04. The van der Waals surface area contributed by atoms with E-state index in [1.807, 2.05) is 42.2 Å². The number of piperidine rings is 1. The maximum absolute atomic E-state index is 11.7. The second-order valence-corrected chi connectivity index (χ2v) is 7.25. The minimum absolute atomic E-state index is 0.109. The molecular formula is C20H21N7O2. The van der Waals surface area contributed by atoms with Crippen LogP contribution in [0.3, 0.4) is 0 Å². The summed E-state index contributed by atoms with van der Waals surface area (Å²) in [7, 11) is 3.42. The molecule has 4 aromatic rings. The maximum Gasteiger partial charge on any atom is 0.228 e. The summed E-state index contributed by atoms with van der Waals surface area (Å²) >= 11 is 0. The van der Waals surface area contributed by atoms with Crippen LogP contribution in [0.25, 0.3) is 27.8 Å². The number of pyridine rings is 1. The van der Waals surface area contributed by atoms with Crippen LogP contribution in [0, 0.1) is 0 Å². The number of aromatic amines is 1. The molecule has 29 heavy (non-hydrogen) atoms. The highest BCUT2D eigenvalue weighted by atomic mass is 16.5. The quantitative estimate of drug-likeness (QED) is 0.554. The van der Waals surface area contributed by atoms with E-state index in [9.17, 15) is 4.79 Å². The first-order valence-corrected chi connectivity index (χ1v) is 9.49. The number of likely N-dealkylation sites (tertiary alicyclic amines) is 1. The minimum Gasteiger partial charge on any atom is -0.480 e. The number of carbonyl (C=O) groups is 1. The highest BCUT2D eigenvalue weighted by molar-refractivity contribution is 5.97. The monoisotopic (exact) mass is 391 g/mol. The van der Waals surface area contributed by atoms with Crippen LogP contribution in [0.5, 0.6) is 5.88 Å². The summed E-state index contributed by atoms with van der Waals surface area (Å²) < 4.78 is 7.56. The molecule has 0 spiro atoms. The molecule has 1 saturated heterocycles. The van der Waals surface area contributed by atoms with Crippen LogP contribution >= 0.6 is 0 Å². The summed E-state index contributed by atoms with van der Waals surface area (Å²) in [6.45, 7) is 0.628. The summed E-state index contributed by atoms with van der Waals surface area (Å²) in [6, 6.07) is 4.10. The third-order valence-electron chi connectivity index (χ3n) is 5.35. The van der Waals surface area contributed by atoms with E-state index in [-0.39, 0.29) is 11.9 Å². The van der Waals surface area contributed by atoms with Crippen molar-refractivity contribution in [3.8, 4) is 17.0 Å². The highest BCUT2D eigenvalue weighted by Gasteiger charge is 2.24. The van der Waals surface area contributed by atoms with E-state index in [0.29, 0.717) is 30.4 Å². The van der Waals surface area contributed by atoms with E-state index in [1.165, 1.54) is 0 Å². The number of hydrogen-bond acceptors (Lipinski definition) is 6. The van der Waals surface area contributed by atoms with Crippen molar-refractivity contribution >= 4 is 28.5 Å². The Balaban J connectivity index is 1.51. The Hall–Kier alpha value is -3.62. The molecule has 2 N–H and O–H groups in total. The number of H-pyrrole nitrogens is 1. The van der Waals surface area contributed by atoms with Crippen molar-refractivity contribution in [1.29, 1.82) is 0 Å². The Bertz CT molecular complexity index is 1210. The number of rotatable bonds is 4. The van der Waals surface area contributed by atoms with E-state index in [2.05, 4.69) is 25.3 Å². The van der Waals surface area contributed by atoms with Crippen LogP contribution in [0.1, 0.15) is 12.8 Å². The minimum atomic E-state index is 0.109. The molecule has 0 radical (unpaired) electrons. The Kier molecular flexibility index (Phi) is 4.08. The van der Waals surface area contributed by atoms with Crippen LogP contribution in [0.15, 0.2) is 36.9 Å². The van der Waals surface area contributed by atoms with E-state index in [0.717, 1.165) is 28.6 Å². The molecule has 9 nitrogen and oxygen atoms in total. The largest absolute Gasteiger partial charge is 0.480 e. The van der Waals surface area contributed by atoms with Crippen LogP contribution in [-0.4, -0.2) is 61.9 Å². The topological polar surface area (TPSA) is 100 Å². The fourth-order valence-corrected chi connectivity index (χ4v) is 3.83. The van der Waals surface area contributed by atoms with Crippen molar-refractivity contribution in [3.05, 3.63) is 36.9 Å². The number of carbonyl (C=O) groups excluding carboxylic acids is 1. The molecule has 9 heteroatoms. The number of aromatic nitrogens is 5. The lowest BCUT2D eigenvalue weighted by molar-refractivity contribution is -0.132. The van der Waals surface area contributed by atoms with E-state index in [4.69, 9.17) is 4.74 Å². The number of methoxy groups -OCH3 is 1. The molecule has 4 aromatic heterocycles. The highest BCUT2D eigenvalue weighted by Crippen LogP contribution is 2.34. The number of anilines is 1. The van der Waals surface area contributed by atoms with Crippen molar-refractivity contribution < 1.29 is 9.53 Å². The van der Waals surface area contributed by atoms with Crippen molar-refractivity contribution in [3.63, 3.8) is 0 Å². The first-order chi connectivity index (χ1) is 14.1. The lowest BCUT2D eigenvalue weighted by Crippen LogP contribution is -2.43. The molecule has 0 saturated carbocycles. The van der Waals surface area contributed by atoms with Gasteiger partial charge in [0.05, 0.1) is 12.5 Å². The van der Waals surface area contributed by atoms with Gasteiger partial charge in [-0.3, -0.25) is 4.79 Å². The van der Waals surface area contributed by atoms with Gasteiger partial charge < -0.3 is 24.3 Å². The zero-order valence-electron chi connectivity index (χ0n) is 16.2. The van der Waals surface area contributed by atoms with Crippen LogP contribution < -0.4 is 10.1 Å². The SMILES string of the molecule is COc1nc(N[C@H]2CCC(=O)N(C)C2)nc2[nH]cc(-c3ccc4nccn4c3)c12. The third-order valence-corrected chi connectivity index (χ3v) is 5.35. The van der Waals surface area contributed by atoms with Crippen LogP contribution in [-0.2, 0) is 4.79 Å². The lowest BCUT2D eigenvalue weighted by atomic mass is 10.1. The molecular weight excluding hydrogens is 370 g/mol.